The number of ketones is 1. The van der Waals surface area contributed by atoms with Crippen molar-refractivity contribution in [3.8, 4) is 0 Å². The number of ether oxygens (including phenoxy) is 1. The molecule has 0 heterocycles. The van der Waals surface area contributed by atoms with Gasteiger partial charge in [-0.3, -0.25) is 14.9 Å². The standard InChI is InChI=1S/C19H19NO5/c1-11-5-6-15(9-12(11)2)18(21)14(4)25-19(22)16-7-8-17(20(23)24)13(3)10-16/h5-10,14H,1-4H3/t14-/m0/s1. The van der Waals surface area contributed by atoms with Gasteiger partial charge >= 0.3 is 5.97 Å². The van der Waals surface area contributed by atoms with Crippen LogP contribution in [0.25, 0.3) is 0 Å². The Kier molecular flexibility index (Phi) is 5.32. The maximum atomic E-state index is 12.4. The fourth-order valence-electron chi connectivity index (χ4n) is 2.40. The van der Waals surface area contributed by atoms with E-state index >= 15 is 0 Å². The van der Waals surface area contributed by atoms with Crippen molar-refractivity contribution in [2.75, 3.05) is 0 Å². The number of benzene rings is 2. The summed E-state index contributed by atoms with van der Waals surface area (Å²) in [4.78, 5) is 34.9. The van der Waals surface area contributed by atoms with Gasteiger partial charge in [0.05, 0.1) is 10.5 Å². The molecule has 2 aromatic carbocycles. The minimum Gasteiger partial charge on any atom is -0.451 e. The SMILES string of the molecule is Cc1ccc(C(=O)[C@H](C)OC(=O)c2ccc([N+](=O)[O-])c(C)c2)cc1C. The molecule has 6 nitrogen and oxygen atoms in total. The van der Waals surface area contributed by atoms with Gasteiger partial charge in [0.2, 0.25) is 5.78 Å². The maximum Gasteiger partial charge on any atom is 0.338 e. The average Bonchev–Trinajstić information content (AvgIpc) is 2.56. The lowest BCUT2D eigenvalue weighted by Crippen LogP contribution is -2.24. The molecule has 6 heteroatoms. The molecule has 1 atom stereocenters. The summed E-state index contributed by atoms with van der Waals surface area (Å²) in [6.07, 6.45) is -0.954. The first-order valence-electron chi connectivity index (χ1n) is 7.78. The molecule has 130 valence electrons. The van der Waals surface area contributed by atoms with Crippen molar-refractivity contribution in [3.05, 3.63) is 74.3 Å². The first-order valence-corrected chi connectivity index (χ1v) is 7.78. The van der Waals surface area contributed by atoms with Crippen LogP contribution in [0.2, 0.25) is 0 Å². The van der Waals surface area contributed by atoms with Crippen molar-refractivity contribution in [1.29, 1.82) is 0 Å². The molecular formula is C19H19NO5. The van der Waals surface area contributed by atoms with Crippen LogP contribution in [-0.4, -0.2) is 22.8 Å². The van der Waals surface area contributed by atoms with E-state index in [4.69, 9.17) is 4.74 Å². The Morgan fingerprint density at radius 2 is 1.56 bits per heavy atom. The number of rotatable bonds is 5. The van der Waals surface area contributed by atoms with Crippen LogP contribution in [0, 0.1) is 30.9 Å². The van der Waals surface area contributed by atoms with Gasteiger partial charge in [-0.25, -0.2) is 4.79 Å². The van der Waals surface area contributed by atoms with E-state index in [1.165, 1.54) is 25.1 Å². The minimum absolute atomic E-state index is 0.0733. The molecule has 0 aliphatic rings. The molecule has 0 fully saturated rings. The van der Waals surface area contributed by atoms with Crippen LogP contribution in [0.15, 0.2) is 36.4 Å². The van der Waals surface area contributed by atoms with Gasteiger partial charge in [-0.2, -0.15) is 0 Å². The van der Waals surface area contributed by atoms with E-state index in [1.807, 2.05) is 19.9 Å². The van der Waals surface area contributed by atoms with E-state index in [-0.39, 0.29) is 17.0 Å². The number of hydrogen-bond acceptors (Lipinski definition) is 5. The van der Waals surface area contributed by atoms with E-state index < -0.39 is 17.0 Å². The molecule has 0 spiro atoms. The molecule has 0 aromatic heterocycles. The molecule has 0 saturated carbocycles. The van der Waals surface area contributed by atoms with Gasteiger partial charge in [0, 0.05) is 17.2 Å². The van der Waals surface area contributed by atoms with Gasteiger partial charge in [0.25, 0.3) is 5.69 Å². The highest BCUT2D eigenvalue weighted by Crippen LogP contribution is 2.20. The highest BCUT2D eigenvalue weighted by atomic mass is 16.6. The van der Waals surface area contributed by atoms with Gasteiger partial charge in [0.15, 0.2) is 6.10 Å². The normalized spacial score (nSPS) is 11.7. The Labute approximate surface area is 145 Å². The van der Waals surface area contributed by atoms with Crippen molar-refractivity contribution in [1.82, 2.24) is 0 Å². The Morgan fingerprint density at radius 3 is 2.12 bits per heavy atom. The van der Waals surface area contributed by atoms with Crippen molar-refractivity contribution < 1.29 is 19.2 Å². The molecule has 0 aliphatic heterocycles. The number of hydrogen-bond donors (Lipinski definition) is 0. The lowest BCUT2D eigenvalue weighted by molar-refractivity contribution is -0.385. The molecule has 0 aliphatic carbocycles. The summed E-state index contributed by atoms with van der Waals surface area (Å²) in [6, 6.07) is 9.26. The second-order valence-corrected chi connectivity index (χ2v) is 5.97. The number of nitrogens with zero attached hydrogens (tertiary/aromatic N) is 1. The first kappa shape index (κ1) is 18.3. The summed E-state index contributed by atoms with van der Waals surface area (Å²) in [6.45, 7) is 6.90. The van der Waals surface area contributed by atoms with Gasteiger partial charge in [-0.15, -0.1) is 0 Å². The molecule has 0 bridgehead atoms. The first-order chi connectivity index (χ1) is 11.7. The van der Waals surface area contributed by atoms with Gasteiger partial charge in [-0.05, 0) is 57.0 Å². The third kappa shape index (κ3) is 4.09. The third-order valence-electron chi connectivity index (χ3n) is 4.07. The van der Waals surface area contributed by atoms with Crippen LogP contribution in [0.4, 0.5) is 5.69 Å². The summed E-state index contributed by atoms with van der Waals surface area (Å²) in [5.74, 6) is -0.988. The smallest absolute Gasteiger partial charge is 0.338 e. The van der Waals surface area contributed by atoms with Crippen molar-refractivity contribution >= 4 is 17.4 Å². The molecular weight excluding hydrogens is 322 g/mol. The monoisotopic (exact) mass is 341 g/mol. The lowest BCUT2D eigenvalue weighted by Gasteiger charge is -2.13. The second kappa shape index (κ2) is 7.25. The van der Waals surface area contributed by atoms with E-state index in [1.54, 1.807) is 19.1 Å². The number of carbonyl (C=O) groups excluding carboxylic acids is 2. The number of Topliss-reactive ketones (excluding diaryl/α,β-unsaturated/α-hetero) is 1. The number of carbonyl (C=O) groups is 2. The molecule has 0 unspecified atom stereocenters. The van der Waals surface area contributed by atoms with Crippen LogP contribution in [0.3, 0.4) is 0 Å². The number of nitro groups is 1. The number of nitro benzene ring substituents is 1. The molecule has 0 radical (unpaired) electrons. The number of esters is 1. The predicted octanol–water partition coefficient (Wildman–Crippen LogP) is 3.95. The summed E-state index contributed by atoms with van der Waals surface area (Å²) < 4.78 is 5.22. The lowest BCUT2D eigenvalue weighted by atomic mass is 10.0. The Balaban J connectivity index is 2.14. The Hall–Kier alpha value is -3.02. The van der Waals surface area contributed by atoms with Gasteiger partial charge in [-0.1, -0.05) is 12.1 Å². The highest BCUT2D eigenvalue weighted by Gasteiger charge is 2.22. The van der Waals surface area contributed by atoms with Crippen molar-refractivity contribution in [2.24, 2.45) is 0 Å². The molecule has 0 N–H and O–H groups in total. The fourth-order valence-corrected chi connectivity index (χ4v) is 2.40. The average molecular weight is 341 g/mol. The van der Waals surface area contributed by atoms with Crippen molar-refractivity contribution in [3.63, 3.8) is 0 Å². The van der Waals surface area contributed by atoms with Gasteiger partial charge < -0.3 is 4.74 Å². The molecule has 0 saturated heterocycles. The van der Waals surface area contributed by atoms with E-state index in [0.29, 0.717) is 11.1 Å². The van der Waals surface area contributed by atoms with Crippen molar-refractivity contribution in [2.45, 2.75) is 33.8 Å². The second-order valence-electron chi connectivity index (χ2n) is 5.97. The van der Waals surface area contributed by atoms with Crippen LogP contribution >= 0.6 is 0 Å². The molecule has 25 heavy (non-hydrogen) atoms. The highest BCUT2D eigenvalue weighted by molar-refractivity contribution is 6.01. The maximum absolute atomic E-state index is 12.4. The van der Waals surface area contributed by atoms with Crippen LogP contribution in [0.5, 0.6) is 0 Å². The van der Waals surface area contributed by atoms with Crippen LogP contribution < -0.4 is 0 Å². The largest absolute Gasteiger partial charge is 0.451 e. The van der Waals surface area contributed by atoms with Crippen LogP contribution in [0.1, 0.15) is 44.3 Å². The molecule has 2 rings (SSSR count). The zero-order valence-electron chi connectivity index (χ0n) is 14.5. The topological polar surface area (TPSA) is 86.5 Å². The van der Waals surface area contributed by atoms with E-state index in [9.17, 15) is 19.7 Å². The predicted molar refractivity (Wildman–Crippen MR) is 93.0 cm³/mol. The van der Waals surface area contributed by atoms with E-state index in [2.05, 4.69) is 0 Å². The van der Waals surface area contributed by atoms with E-state index in [0.717, 1.165) is 11.1 Å². The Bertz CT molecular complexity index is 857. The summed E-state index contributed by atoms with van der Waals surface area (Å²) in [5, 5.41) is 10.8. The summed E-state index contributed by atoms with van der Waals surface area (Å²) >= 11 is 0. The fraction of sp³-hybridized carbons (Fsp3) is 0.263. The van der Waals surface area contributed by atoms with Gasteiger partial charge in [0.1, 0.15) is 0 Å². The minimum atomic E-state index is -0.954. The zero-order valence-corrected chi connectivity index (χ0v) is 14.5. The van der Waals surface area contributed by atoms with Crippen LogP contribution in [-0.2, 0) is 4.74 Å². The quantitative estimate of drug-likeness (QED) is 0.356. The third-order valence-corrected chi connectivity index (χ3v) is 4.07. The number of aryl methyl sites for hydroxylation is 3. The Morgan fingerprint density at radius 1 is 0.960 bits per heavy atom. The zero-order chi connectivity index (χ0) is 18.7. The molecule has 0 amide bonds. The summed E-state index contributed by atoms with van der Waals surface area (Å²) in [5.41, 5.74) is 2.98. The molecule has 2 aromatic rings. The summed E-state index contributed by atoms with van der Waals surface area (Å²) in [7, 11) is 0.